The second kappa shape index (κ2) is 6.83. The highest BCUT2D eigenvalue weighted by atomic mass is 32.2. The van der Waals surface area contributed by atoms with Crippen LogP contribution in [0.1, 0.15) is 43.4 Å². The number of rotatable bonds is 4. The Labute approximate surface area is 146 Å². The molecule has 0 amide bonds. The molecule has 0 bridgehead atoms. The number of fused-ring (bicyclic) bond motifs is 1. The molecule has 0 saturated carbocycles. The van der Waals surface area contributed by atoms with Crippen LogP contribution in [-0.4, -0.2) is 23.3 Å². The average Bonchev–Trinajstić information content (AvgIpc) is 3.24. The summed E-state index contributed by atoms with van der Waals surface area (Å²) in [6, 6.07) is 7.16. The molecule has 0 radical (unpaired) electrons. The molecule has 3 nitrogen and oxygen atoms in total. The van der Waals surface area contributed by atoms with E-state index in [9.17, 15) is 0 Å². The maximum Gasteiger partial charge on any atom is 0.128 e. The standard InChI is InChI=1S/C18H23N3S2/c1-13-10-16(15-6-9-22-18(15)23-13)19-11-14-4-5-17(20-12-14)21-7-2-3-8-21/h4-6,9,12-13,16,19H,2-3,7-8,10-11H2,1H3/t13-,16-/m0/s1. The van der Waals surface area contributed by atoms with E-state index in [1.54, 1.807) is 0 Å². The first-order valence-electron chi connectivity index (χ1n) is 8.47. The van der Waals surface area contributed by atoms with Gasteiger partial charge in [0.2, 0.25) is 0 Å². The minimum atomic E-state index is 0.478. The molecule has 0 spiro atoms. The molecule has 0 aliphatic carbocycles. The summed E-state index contributed by atoms with van der Waals surface area (Å²) < 4.78 is 1.49. The van der Waals surface area contributed by atoms with Gasteiger partial charge in [0.1, 0.15) is 5.82 Å². The van der Waals surface area contributed by atoms with Crippen LogP contribution in [0.25, 0.3) is 0 Å². The highest BCUT2D eigenvalue weighted by molar-refractivity contribution is 8.01. The number of hydrogen-bond acceptors (Lipinski definition) is 5. The zero-order chi connectivity index (χ0) is 15.6. The van der Waals surface area contributed by atoms with Gasteiger partial charge >= 0.3 is 0 Å². The summed E-state index contributed by atoms with van der Waals surface area (Å²) in [7, 11) is 0. The fourth-order valence-electron chi connectivity index (χ4n) is 3.44. The van der Waals surface area contributed by atoms with Crippen LogP contribution in [0.2, 0.25) is 0 Å². The second-order valence-electron chi connectivity index (χ2n) is 6.48. The van der Waals surface area contributed by atoms with E-state index < -0.39 is 0 Å². The first kappa shape index (κ1) is 15.5. The minimum absolute atomic E-state index is 0.478. The summed E-state index contributed by atoms with van der Waals surface area (Å²) in [5.41, 5.74) is 2.76. The minimum Gasteiger partial charge on any atom is -0.357 e. The zero-order valence-corrected chi connectivity index (χ0v) is 15.1. The summed E-state index contributed by atoms with van der Waals surface area (Å²) in [6.07, 6.45) is 5.83. The van der Waals surface area contributed by atoms with E-state index in [0.717, 1.165) is 25.5 Å². The molecule has 5 heteroatoms. The van der Waals surface area contributed by atoms with E-state index in [0.29, 0.717) is 11.3 Å². The monoisotopic (exact) mass is 345 g/mol. The summed E-state index contributed by atoms with van der Waals surface area (Å²) in [4.78, 5) is 7.04. The lowest BCUT2D eigenvalue weighted by atomic mass is 10.0. The number of aromatic nitrogens is 1. The summed E-state index contributed by atoms with van der Waals surface area (Å²) >= 11 is 3.90. The van der Waals surface area contributed by atoms with Gasteiger partial charge in [0.15, 0.2) is 0 Å². The number of nitrogens with one attached hydrogen (secondary N) is 1. The van der Waals surface area contributed by atoms with Crippen molar-refractivity contribution in [2.24, 2.45) is 0 Å². The van der Waals surface area contributed by atoms with Crippen molar-refractivity contribution in [1.82, 2.24) is 10.3 Å². The van der Waals surface area contributed by atoms with Crippen LogP contribution in [0.15, 0.2) is 34.0 Å². The molecule has 2 atom stereocenters. The third-order valence-corrected chi connectivity index (χ3v) is 7.05. The van der Waals surface area contributed by atoms with Crippen LogP contribution in [0.4, 0.5) is 5.82 Å². The van der Waals surface area contributed by atoms with Gasteiger partial charge in [-0.3, -0.25) is 0 Å². The van der Waals surface area contributed by atoms with Gasteiger partial charge in [-0.15, -0.1) is 23.1 Å². The molecule has 1 saturated heterocycles. The maximum atomic E-state index is 4.66. The molecular formula is C18H23N3S2. The summed E-state index contributed by atoms with van der Waals surface area (Å²) in [5.74, 6) is 1.13. The average molecular weight is 346 g/mol. The third kappa shape index (κ3) is 3.42. The van der Waals surface area contributed by atoms with E-state index in [4.69, 9.17) is 0 Å². The lowest BCUT2D eigenvalue weighted by Crippen LogP contribution is -2.26. The number of nitrogens with zero attached hydrogens (tertiary/aromatic N) is 2. The Kier molecular flexibility index (Phi) is 4.60. The molecule has 1 fully saturated rings. The van der Waals surface area contributed by atoms with Crippen molar-refractivity contribution in [1.29, 1.82) is 0 Å². The highest BCUT2D eigenvalue weighted by Crippen LogP contribution is 2.43. The Morgan fingerprint density at radius 3 is 2.91 bits per heavy atom. The van der Waals surface area contributed by atoms with Gasteiger partial charge in [0.25, 0.3) is 0 Å². The first-order chi connectivity index (χ1) is 11.3. The Morgan fingerprint density at radius 2 is 2.13 bits per heavy atom. The van der Waals surface area contributed by atoms with E-state index >= 15 is 0 Å². The Morgan fingerprint density at radius 1 is 1.26 bits per heavy atom. The largest absolute Gasteiger partial charge is 0.357 e. The van der Waals surface area contributed by atoms with Crippen molar-refractivity contribution in [2.45, 2.75) is 48.2 Å². The van der Waals surface area contributed by atoms with Gasteiger partial charge in [-0.2, -0.15) is 0 Å². The molecule has 2 aromatic rings. The normalized spacial score (nSPS) is 24.0. The lowest BCUT2D eigenvalue weighted by molar-refractivity contribution is 0.488. The van der Waals surface area contributed by atoms with E-state index in [1.807, 2.05) is 29.3 Å². The predicted molar refractivity (Wildman–Crippen MR) is 99.5 cm³/mol. The van der Waals surface area contributed by atoms with Gasteiger partial charge in [-0.05, 0) is 47.9 Å². The molecule has 2 aliphatic rings. The Hall–Kier alpha value is -1.04. The lowest BCUT2D eigenvalue weighted by Gasteiger charge is -2.27. The Balaban J connectivity index is 1.39. The molecule has 0 aromatic carbocycles. The fourth-order valence-corrected chi connectivity index (χ4v) is 6.00. The van der Waals surface area contributed by atoms with Gasteiger partial charge < -0.3 is 10.2 Å². The van der Waals surface area contributed by atoms with Crippen molar-refractivity contribution >= 4 is 28.9 Å². The number of thiophene rings is 1. The van der Waals surface area contributed by atoms with Gasteiger partial charge in [-0.1, -0.05) is 13.0 Å². The third-order valence-electron chi connectivity index (χ3n) is 4.70. The summed E-state index contributed by atoms with van der Waals surface area (Å²) in [5, 5.41) is 6.65. The topological polar surface area (TPSA) is 28.2 Å². The van der Waals surface area contributed by atoms with Crippen molar-refractivity contribution in [2.75, 3.05) is 18.0 Å². The van der Waals surface area contributed by atoms with Crippen LogP contribution < -0.4 is 10.2 Å². The predicted octanol–water partition coefficient (Wildman–Crippen LogP) is 4.46. The number of hydrogen-bond donors (Lipinski definition) is 1. The number of thioether (sulfide) groups is 1. The van der Waals surface area contributed by atoms with Crippen molar-refractivity contribution in [3.8, 4) is 0 Å². The molecule has 122 valence electrons. The van der Waals surface area contributed by atoms with E-state index in [2.05, 4.69) is 45.7 Å². The van der Waals surface area contributed by atoms with Gasteiger partial charge in [0, 0.05) is 37.1 Å². The summed E-state index contributed by atoms with van der Waals surface area (Å²) in [6.45, 7) is 5.53. The van der Waals surface area contributed by atoms with Crippen LogP contribution >= 0.6 is 23.1 Å². The molecule has 4 rings (SSSR count). The molecule has 4 heterocycles. The molecule has 2 aromatic heterocycles. The quantitative estimate of drug-likeness (QED) is 0.885. The van der Waals surface area contributed by atoms with Crippen molar-refractivity contribution in [3.63, 3.8) is 0 Å². The van der Waals surface area contributed by atoms with Crippen molar-refractivity contribution < 1.29 is 0 Å². The van der Waals surface area contributed by atoms with Gasteiger partial charge in [-0.25, -0.2) is 4.98 Å². The zero-order valence-electron chi connectivity index (χ0n) is 13.5. The molecule has 0 unspecified atom stereocenters. The van der Waals surface area contributed by atoms with Gasteiger partial charge in [0.05, 0.1) is 4.21 Å². The molecule has 23 heavy (non-hydrogen) atoms. The van der Waals surface area contributed by atoms with Crippen LogP contribution in [0, 0.1) is 0 Å². The molecule has 2 aliphatic heterocycles. The van der Waals surface area contributed by atoms with E-state index in [-0.39, 0.29) is 0 Å². The number of anilines is 1. The maximum absolute atomic E-state index is 4.66. The highest BCUT2D eigenvalue weighted by Gasteiger charge is 2.25. The van der Waals surface area contributed by atoms with Crippen molar-refractivity contribution in [3.05, 3.63) is 40.9 Å². The van der Waals surface area contributed by atoms with Crippen LogP contribution in [-0.2, 0) is 6.54 Å². The molecular weight excluding hydrogens is 322 g/mol. The molecule has 1 N–H and O–H groups in total. The SMILES string of the molecule is C[C@H]1C[C@H](NCc2ccc(N3CCCC3)nc2)c2ccsc2S1. The van der Waals surface area contributed by atoms with Crippen LogP contribution in [0.3, 0.4) is 0 Å². The second-order valence-corrected chi connectivity index (χ2v) is 9.10. The fraction of sp³-hybridized carbons (Fsp3) is 0.500. The number of pyridine rings is 1. The Bertz CT molecular complexity index is 647. The smallest absolute Gasteiger partial charge is 0.128 e. The first-order valence-corrected chi connectivity index (χ1v) is 10.2. The van der Waals surface area contributed by atoms with Crippen LogP contribution in [0.5, 0.6) is 0 Å². The van der Waals surface area contributed by atoms with E-state index in [1.165, 1.54) is 34.6 Å².